The van der Waals surface area contributed by atoms with E-state index < -0.39 is 0 Å². The normalized spacial score (nSPS) is 21.8. The lowest BCUT2D eigenvalue weighted by Gasteiger charge is -2.41. The quantitative estimate of drug-likeness (QED) is 0.765. The number of benzene rings is 2. The Morgan fingerprint density at radius 3 is 2.31 bits per heavy atom. The van der Waals surface area contributed by atoms with E-state index in [1.807, 2.05) is 65.6 Å². The van der Waals surface area contributed by atoms with Crippen LogP contribution in [-0.4, -0.2) is 36.3 Å². The number of hydrogen-bond acceptors (Lipinski definition) is 3. The molecule has 5 nitrogen and oxygen atoms in total. The number of carbonyl (C=O) groups is 2. The molecule has 0 aromatic heterocycles. The predicted molar refractivity (Wildman–Crippen MR) is 116 cm³/mol. The van der Waals surface area contributed by atoms with E-state index in [-0.39, 0.29) is 36.2 Å². The maximum absolute atomic E-state index is 13.1. The number of nitrogens with zero attached hydrogens (tertiary/aromatic N) is 1. The molecule has 0 saturated carbocycles. The molecule has 0 spiro atoms. The van der Waals surface area contributed by atoms with Crippen molar-refractivity contribution in [1.82, 2.24) is 15.5 Å². The monoisotopic (exact) mass is 413 g/mol. The van der Waals surface area contributed by atoms with Gasteiger partial charge in [-0.1, -0.05) is 60.7 Å². The zero-order chi connectivity index (χ0) is 19.3. The molecule has 29 heavy (non-hydrogen) atoms. The van der Waals surface area contributed by atoms with Crippen LogP contribution in [0, 0.1) is 11.8 Å². The van der Waals surface area contributed by atoms with Crippen LogP contribution < -0.4 is 10.6 Å². The van der Waals surface area contributed by atoms with Gasteiger partial charge in [0.2, 0.25) is 11.8 Å². The predicted octanol–water partition coefficient (Wildman–Crippen LogP) is 2.92. The van der Waals surface area contributed by atoms with E-state index in [2.05, 4.69) is 10.6 Å². The molecular formula is C23H28ClN3O2. The van der Waals surface area contributed by atoms with E-state index >= 15 is 0 Å². The molecule has 6 heteroatoms. The minimum atomic E-state index is -0.234. The van der Waals surface area contributed by atoms with Crippen LogP contribution in [0.25, 0.3) is 0 Å². The Balaban J connectivity index is 0.00000240. The van der Waals surface area contributed by atoms with Gasteiger partial charge < -0.3 is 15.5 Å². The average molecular weight is 414 g/mol. The minimum Gasteiger partial charge on any atom is -0.355 e. The highest BCUT2D eigenvalue weighted by molar-refractivity contribution is 5.85. The fraction of sp³-hybridized carbons (Fsp3) is 0.391. The van der Waals surface area contributed by atoms with Crippen LogP contribution in [0.3, 0.4) is 0 Å². The van der Waals surface area contributed by atoms with Gasteiger partial charge in [-0.05, 0) is 17.5 Å². The van der Waals surface area contributed by atoms with Crippen LogP contribution in [-0.2, 0) is 16.1 Å². The fourth-order valence-corrected chi connectivity index (χ4v) is 4.13. The third kappa shape index (κ3) is 4.98. The van der Waals surface area contributed by atoms with Gasteiger partial charge in [0, 0.05) is 38.5 Å². The smallest absolute Gasteiger partial charge is 0.225 e. The summed E-state index contributed by atoms with van der Waals surface area (Å²) in [5.74, 6) is 0.470. The van der Waals surface area contributed by atoms with Crippen molar-refractivity contribution in [3.63, 3.8) is 0 Å². The highest BCUT2D eigenvalue weighted by Gasteiger charge is 2.40. The van der Waals surface area contributed by atoms with E-state index in [9.17, 15) is 9.59 Å². The lowest BCUT2D eigenvalue weighted by Crippen LogP contribution is -2.51. The van der Waals surface area contributed by atoms with Crippen LogP contribution in [0.1, 0.15) is 30.0 Å². The summed E-state index contributed by atoms with van der Waals surface area (Å²) in [5, 5.41) is 6.37. The molecule has 154 valence electrons. The van der Waals surface area contributed by atoms with Crippen molar-refractivity contribution in [2.75, 3.05) is 19.6 Å². The van der Waals surface area contributed by atoms with E-state index in [1.54, 1.807) is 0 Å². The maximum atomic E-state index is 13.1. The average Bonchev–Trinajstić information content (AvgIpc) is 2.69. The molecular weight excluding hydrogens is 386 g/mol. The second-order valence-electron chi connectivity index (χ2n) is 7.78. The molecule has 2 unspecified atom stereocenters. The van der Waals surface area contributed by atoms with Crippen LogP contribution in [0.4, 0.5) is 0 Å². The van der Waals surface area contributed by atoms with E-state index in [0.717, 1.165) is 24.2 Å². The Kier molecular flexibility index (Phi) is 7.29. The molecule has 2 N–H and O–H groups in total. The number of nitrogens with one attached hydrogen (secondary N) is 2. The van der Waals surface area contributed by atoms with Gasteiger partial charge in [0.15, 0.2) is 0 Å². The molecule has 2 atom stereocenters. The Hall–Kier alpha value is -2.37. The molecule has 0 bridgehead atoms. The molecule has 4 rings (SSSR count). The molecule has 2 fully saturated rings. The SMILES string of the molecule is Cl.O=C(NCC1CNC1)C1CCC(=O)N(Cc2ccccc2)C1c1ccccc1. The van der Waals surface area contributed by atoms with E-state index in [1.165, 1.54) is 0 Å². The molecule has 2 aliphatic heterocycles. The van der Waals surface area contributed by atoms with Crippen molar-refractivity contribution in [2.45, 2.75) is 25.4 Å². The Bertz CT molecular complexity index is 811. The third-order valence-corrected chi connectivity index (χ3v) is 5.81. The number of halogens is 1. The number of amides is 2. The third-order valence-electron chi connectivity index (χ3n) is 5.81. The molecule has 2 aromatic rings. The Morgan fingerprint density at radius 1 is 1.03 bits per heavy atom. The minimum absolute atomic E-state index is 0. The van der Waals surface area contributed by atoms with Gasteiger partial charge in [-0.25, -0.2) is 0 Å². The summed E-state index contributed by atoms with van der Waals surface area (Å²) in [5.41, 5.74) is 2.11. The summed E-state index contributed by atoms with van der Waals surface area (Å²) in [6, 6.07) is 19.7. The van der Waals surface area contributed by atoms with Crippen molar-refractivity contribution >= 4 is 24.2 Å². The highest BCUT2D eigenvalue weighted by Crippen LogP contribution is 2.38. The van der Waals surface area contributed by atoms with Crippen LogP contribution in [0.2, 0.25) is 0 Å². The standard InChI is InChI=1S/C23H27N3O2.ClH/c27-21-12-11-20(23(28)25-15-18-13-24-14-18)22(19-9-5-2-6-10-19)26(21)16-17-7-3-1-4-8-17;/h1-10,18,20,22,24H,11-16H2,(H,25,28);1H. The first kappa shape index (κ1) is 21.3. The lowest BCUT2D eigenvalue weighted by molar-refractivity contribution is -0.144. The Morgan fingerprint density at radius 2 is 1.69 bits per heavy atom. The molecule has 2 amide bonds. The van der Waals surface area contributed by atoms with Crippen molar-refractivity contribution < 1.29 is 9.59 Å². The second kappa shape index (κ2) is 9.90. The second-order valence-corrected chi connectivity index (χ2v) is 7.78. The zero-order valence-corrected chi connectivity index (χ0v) is 17.2. The van der Waals surface area contributed by atoms with E-state index in [4.69, 9.17) is 0 Å². The molecule has 2 aliphatic rings. The Labute approximate surface area is 178 Å². The van der Waals surface area contributed by atoms with Gasteiger partial charge in [0.1, 0.15) is 0 Å². The topological polar surface area (TPSA) is 61.4 Å². The zero-order valence-electron chi connectivity index (χ0n) is 16.4. The summed E-state index contributed by atoms with van der Waals surface area (Å²) in [6.07, 6.45) is 1.01. The summed E-state index contributed by atoms with van der Waals surface area (Å²) in [4.78, 5) is 27.8. The summed E-state index contributed by atoms with van der Waals surface area (Å²) < 4.78 is 0. The summed E-state index contributed by atoms with van der Waals surface area (Å²) in [7, 11) is 0. The van der Waals surface area contributed by atoms with Crippen molar-refractivity contribution in [3.05, 3.63) is 71.8 Å². The van der Waals surface area contributed by atoms with Crippen LogP contribution >= 0.6 is 12.4 Å². The molecule has 2 aromatic carbocycles. The number of likely N-dealkylation sites (tertiary alicyclic amines) is 1. The van der Waals surface area contributed by atoms with E-state index in [0.29, 0.717) is 31.8 Å². The molecule has 2 saturated heterocycles. The highest BCUT2D eigenvalue weighted by atomic mass is 35.5. The van der Waals surface area contributed by atoms with Gasteiger partial charge in [0.25, 0.3) is 0 Å². The first-order valence-electron chi connectivity index (χ1n) is 10.1. The van der Waals surface area contributed by atoms with Gasteiger partial charge in [-0.3, -0.25) is 9.59 Å². The number of carbonyl (C=O) groups excluding carboxylic acids is 2. The first-order chi connectivity index (χ1) is 13.7. The lowest BCUT2D eigenvalue weighted by atomic mass is 9.83. The number of hydrogen-bond donors (Lipinski definition) is 2. The molecule has 0 aliphatic carbocycles. The fourth-order valence-electron chi connectivity index (χ4n) is 4.13. The van der Waals surface area contributed by atoms with Gasteiger partial charge in [-0.2, -0.15) is 0 Å². The van der Waals surface area contributed by atoms with Crippen molar-refractivity contribution in [1.29, 1.82) is 0 Å². The summed E-state index contributed by atoms with van der Waals surface area (Å²) >= 11 is 0. The molecule has 2 heterocycles. The summed E-state index contributed by atoms with van der Waals surface area (Å²) in [6.45, 7) is 3.16. The first-order valence-corrected chi connectivity index (χ1v) is 10.1. The van der Waals surface area contributed by atoms with Crippen molar-refractivity contribution in [3.8, 4) is 0 Å². The van der Waals surface area contributed by atoms with Crippen LogP contribution in [0.15, 0.2) is 60.7 Å². The van der Waals surface area contributed by atoms with Crippen LogP contribution in [0.5, 0.6) is 0 Å². The number of piperidine rings is 1. The maximum Gasteiger partial charge on any atom is 0.225 e. The van der Waals surface area contributed by atoms with Gasteiger partial charge >= 0.3 is 0 Å². The largest absolute Gasteiger partial charge is 0.355 e. The molecule has 0 radical (unpaired) electrons. The van der Waals surface area contributed by atoms with Crippen molar-refractivity contribution in [2.24, 2.45) is 11.8 Å². The van der Waals surface area contributed by atoms with Gasteiger partial charge in [0.05, 0.1) is 12.0 Å². The van der Waals surface area contributed by atoms with Gasteiger partial charge in [-0.15, -0.1) is 12.4 Å². The number of rotatable bonds is 6.